The number of carbonyl (C=O) groups is 1. The molecule has 0 unspecified atom stereocenters. The summed E-state index contributed by atoms with van der Waals surface area (Å²) in [6.07, 6.45) is 5.07. The molecule has 164 valence electrons. The Bertz CT molecular complexity index is 709. The zero-order valence-electron chi connectivity index (χ0n) is 19.6. The molecule has 1 saturated heterocycles. The number of nitrogens with zero attached hydrogens (tertiary/aromatic N) is 2. The number of amides is 1. The summed E-state index contributed by atoms with van der Waals surface area (Å²) in [4.78, 5) is 23.5. The molecule has 0 saturated carbocycles. The Morgan fingerprint density at radius 1 is 1.21 bits per heavy atom. The highest BCUT2D eigenvalue weighted by molar-refractivity contribution is 5.82. The second-order valence-corrected chi connectivity index (χ2v) is 10.8. The first kappa shape index (κ1) is 23.6. The number of anilines is 1. The van der Waals surface area contributed by atoms with Crippen molar-refractivity contribution in [1.82, 2.24) is 15.4 Å². The quantitative estimate of drug-likeness (QED) is 0.708. The lowest BCUT2D eigenvalue weighted by molar-refractivity contribution is -0.296. The molecule has 0 atom stereocenters. The first-order valence-corrected chi connectivity index (χ1v) is 10.6. The van der Waals surface area contributed by atoms with Crippen LogP contribution < -0.4 is 11.1 Å². The molecule has 1 aromatic rings. The van der Waals surface area contributed by atoms with E-state index in [4.69, 9.17) is 10.6 Å². The van der Waals surface area contributed by atoms with E-state index >= 15 is 0 Å². The van der Waals surface area contributed by atoms with Crippen LogP contribution in [0.2, 0.25) is 0 Å². The summed E-state index contributed by atoms with van der Waals surface area (Å²) in [5, 5.41) is 5.22. The van der Waals surface area contributed by atoms with Crippen LogP contribution in [0.4, 0.5) is 5.82 Å². The van der Waals surface area contributed by atoms with Crippen molar-refractivity contribution >= 4 is 11.7 Å². The minimum Gasteiger partial charge on any atom is -0.384 e. The van der Waals surface area contributed by atoms with Gasteiger partial charge in [0.1, 0.15) is 5.82 Å². The van der Waals surface area contributed by atoms with Crippen molar-refractivity contribution in [2.24, 2.45) is 10.8 Å². The highest BCUT2D eigenvalue weighted by Crippen LogP contribution is 2.43. The lowest BCUT2D eigenvalue weighted by Crippen LogP contribution is -2.59. The molecule has 2 heterocycles. The van der Waals surface area contributed by atoms with Gasteiger partial charge in [-0.25, -0.2) is 4.98 Å². The van der Waals surface area contributed by atoms with Gasteiger partial charge in [0.25, 0.3) is 0 Å². The third kappa shape index (κ3) is 5.28. The Labute approximate surface area is 176 Å². The number of aromatic nitrogens is 1. The van der Waals surface area contributed by atoms with Gasteiger partial charge in [-0.2, -0.15) is 5.06 Å². The molecule has 2 rings (SSSR count). The van der Waals surface area contributed by atoms with Gasteiger partial charge in [-0.3, -0.25) is 9.63 Å². The van der Waals surface area contributed by atoms with E-state index in [1.165, 1.54) is 6.42 Å². The first-order chi connectivity index (χ1) is 13.2. The third-order valence-corrected chi connectivity index (χ3v) is 6.79. The average Bonchev–Trinajstić information content (AvgIpc) is 2.57. The molecule has 6 heteroatoms. The van der Waals surface area contributed by atoms with Gasteiger partial charge in [0.2, 0.25) is 5.91 Å². The SMILES string of the molecule is CC1(C)CCCC(C)(C)N1OCC(C)(C)C(C)(C)C(=O)NCc1ccnc(N)c1. The monoisotopic (exact) mass is 404 g/mol. The molecule has 0 bridgehead atoms. The van der Waals surface area contributed by atoms with E-state index in [1.54, 1.807) is 12.3 Å². The number of rotatable bonds is 7. The highest BCUT2D eigenvalue weighted by atomic mass is 16.7. The van der Waals surface area contributed by atoms with Crippen LogP contribution in [0, 0.1) is 10.8 Å². The summed E-state index contributed by atoms with van der Waals surface area (Å²) in [6, 6.07) is 3.64. The summed E-state index contributed by atoms with van der Waals surface area (Å²) in [6.45, 7) is 18.0. The largest absolute Gasteiger partial charge is 0.384 e. The van der Waals surface area contributed by atoms with Crippen LogP contribution in [0.15, 0.2) is 18.3 Å². The van der Waals surface area contributed by atoms with Gasteiger partial charge in [-0.15, -0.1) is 0 Å². The summed E-state index contributed by atoms with van der Waals surface area (Å²) in [5.74, 6) is 0.454. The molecule has 0 aromatic carbocycles. The molecule has 6 nitrogen and oxygen atoms in total. The second-order valence-electron chi connectivity index (χ2n) is 10.8. The fourth-order valence-electron chi connectivity index (χ4n) is 4.05. The van der Waals surface area contributed by atoms with Crippen LogP contribution in [0.3, 0.4) is 0 Å². The Balaban J connectivity index is 2.04. The maximum atomic E-state index is 13.0. The van der Waals surface area contributed by atoms with E-state index in [0.717, 1.165) is 18.4 Å². The van der Waals surface area contributed by atoms with E-state index in [0.29, 0.717) is 19.0 Å². The van der Waals surface area contributed by atoms with Gasteiger partial charge >= 0.3 is 0 Å². The molecule has 1 fully saturated rings. The Morgan fingerprint density at radius 3 is 2.34 bits per heavy atom. The first-order valence-electron chi connectivity index (χ1n) is 10.6. The number of pyridine rings is 1. The molecular formula is C23H40N4O2. The Kier molecular flexibility index (Phi) is 6.70. The minimum atomic E-state index is -0.615. The normalized spacial score (nSPS) is 19.7. The molecule has 1 amide bonds. The zero-order chi connectivity index (χ0) is 22.1. The lowest BCUT2D eigenvalue weighted by Gasteiger charge is -2.52. The molecule has 0 aliphatic carbocycles. The van der Waals surface area contributed by atoms with Crippen molar-refractivity contribution in [3.63, 3.8) is 0 Å². The van der Waals surface area contributed by atoms with Gasteiger partial charge in [0.05, 0.1) is 12.0 Å². The van der Waals surface area contributed by atoms with Crippen molar-refractivity contribution in [3.8, 4) is 0 Å². The van der Waals surface area contributed by atoms with Crippen LogP contribution in [0.1, 0.15) is 80.2 Å². The molecule has 1 aliphatic heterocycles. The summed E-state index contributed by atoms with van der Waals surface area (Å²) < 4.78 is 0. The topological polar surface area (TPSA) is 80.5 Å². The Morgan fingerprint density at radius 2 is 1.79 bits per heavy atom. The highest BCUT2D eigenvalue weighted by Gasteiger charge is 2.47. The fourth-order valence-corrected chi connectivity index (χ4v) is 4.05. The predicted octanol–water partition coefficient (Wildman–Crippen LogP) is 4.31. The molecule has 29 heavy (non-hydrogen) atoms. The third-order valence-electron chi connectivity index (χ3n) is 6.79. The molecular weight excluding hydrogens is 364 g/mol. The van der Waals surface area contributed by atoms with E-state index in [-0.39, 0.29) is 22.4 Å². The average molecular weight is 405 g/mol. The van der Waals surface area contributed by atoms with Crippen LogP contribution >= 0.6 is 0 Å². The predicted molar refractivity (Wildman–Crippen MR) is 118 cm³/mol. The maximum Gasteiger partial charge on any atom is 0.226 e. The lowest BCUT2D eigenvalue weighted by atomic mass is 9.67. The van der Waals surface area contributed by atoms with E-state index in [2.05, 4.69) is 56.9 Å². The van der Waals surface area contributed by atoms with Crippen molar-refractivity contribution in [2.75, 3.05) is 12.3 Å². The van der Waals surface area contributed by atoms with Gasteiger partial charge in [-0.05, 0) is 64.7 Å². The van der Waals surface area contributed by atoms with Crippen LogP contribution in [0.5, 0.6) is 0 Å². The van der Waals surface area contributed by atoms with Gasteiger partial charge in [0, 0.05) is 29.2 Å². The zero-order valence-corrected chi connectivity index (χ0v) is 19.6. The van der Waals surface area contributed by atoms with E-state index in [9.17, 15) is 4.79 Å². The fraction of sp³-hybridized carbons (Fsp3) is 0.739. The van der Waals surface area contributed by atoms with E-state index in [1.807, 2.05) is 19.9 Å². The van der Waals surface area contributed by atoms with Gasteiger partial charge in [0.15, 0.2) is 0 Å². The molecule has 1 aromatic heterocycles. The minimum absolute atomic E-state index is 0.00125. The number of piperidine rings is 1. The molecule has 1 aliphatic rings. The van der Waals surface area contributed by atoms with Crippen molar-refractivity contribution in [2.45, 2.75) is 92.3 Å². The number of hydroxylamine groups is 2. The second kappa shape index (κ2) is 8.23. The maximum absolute atomic E-state index is 13.0. The standard InChI is InChI=1S/C23H40N4O2/c1-20(2,16-29-27-21(3,4)11-9-12-22(27,5)6)23(7,8)19(28)26-15-17-10-13-25-18(24)14-17/h10,13-14H,9,11-12,15-16H2,1-8H3,(H2,24,25)(H,26,28). The van der Waals surface area contributed by atoms with Crippen LogP contribution in [0.25, 0.3) is 0 Å². The number of nitrogen functional groups attached to an aromatic ring is 1. The van der Waals surface area contributed by atoms with Gasteiger partial charge < -0.3 is 11.1 Å². The van der Waals surface area contributed by atoms with Crippen molar-refractivity contribution in [1.29, 1.82) is 0 Å². The van der Waals surface area contributed by atoms with Crippen LogP contribution in [-0.2, 0) is 16.2 Å². The number of hydrogen-bond donors (Lipinski definition) is 2. The summed E-state index contributed by atoms with van der Waals surface area (Å²) in [7, 11) is 0. The number of nitrogens with two attached hydrogens (primary N) is 1. The number of carbonyl (C=O) groups excluding carboxylic acids is 1. The number of nitrogens with one attached hydrogen (secondary N) is 1. The van der Waals surface area contributed by atoms with Crippen molar-refractivity contribution in [3.05, 3.63) is 23.9 Å². The van der Waals surface area contributed by atoms with E-state index < -0.39 is 5.41 Å². The van der Waals surface area contributed by atoms with Crippen molar-refractivity contribution < 1.29 is 9.63 Å². The van der Waals surface area contributed by atoms with Gasteiger partial charge in [-0.1, -0.05) is 27.7 Å². The molecule has 3 N–H and O–H groups in total. The molecule has 0 spiro atoms. The summed E-state index contributed by atoms with van der Waals surface area (Å²) >= 11 is 0. The summed E-state index contributed by atoms with van der Waals surface area (Å²) in [5.41, 5.74) is 5.64. The smallest absolute Gasteiger partial charge is 0.226 e. The van der Waals surface area contributed by atoms with Crippen LogP contribution in [-0.4, -0.2) is 33.6 Å². The molecule has 0 radical (unpaired) electrons. The number of hydrogen-bond acceptors (Lipinski definition) is 5. The Hall–Kier alpha value is -1.66.